The van der Waals surface area contributed by atoms with E-state index in [1.807, 2.05) is 19.9 Å². The number of rotatable bonds is 4. The Bertz CT molecular complexity index is 1280. The van der Waals surface area contributed by atoms with E-state index in [1.54, 1.807) is 24.7 Å². The van der Waals surface area contributed by atoms with Crippen molar-refractivity contribution in [1.82, 2.24) is 4.98 Å². The Morgan fingerprint density at radius 3 is 2.62 bits per heavy atom. The number of carbonyl (C=O) groups excluding carboxylic acids is 3. The number of nitrogens with zero attached hydrogens (tertiary/aromatic N) is 1. The smallest absolute Gasteiger partial charge is 0.345 e. The van der Waals surface area contributed by atoms with Gasteiger partial charge in [0.05, 0.1) is 36.9 Å². The Morgan fingerprint density at radius 2 is 1.97 bits per heavy atom. The quantitative estimate of drug-likeness (QED) is 0.528. The number of methoxy groups -OCH3 is 1. The van der Waals surface area contributed by atoms with Gasteiger partial charge in [0.2, 0.25) is 5.78 Å². The van der Waals surface area contributed by atoms with Crippen LogP contribution in [0.25, 0.3) is 0 Å². The second-order valence-electron chi connectivity index (χ2n) is 10.8. The number of allylic oxidation sites excluding steroid dienone is 2. The van der Waals surface area contributed by atoms with E-state index in [0.29, 0.717) is 25.0 Å². The second kappa shape index (κ2) is 9.01. The van der Waals surface area contributed by atoms with Crippen LogP contribution in [0.15, 0.2) is 65.5 Å². The van der Waals surface area contributed by atoms with Gasteiger partial charge < -0.3 is 18.6 Å². The molecule has 2 aromatic rings. The lowest BCUT2D eigenvalue weighted by Crippen LogP contribution is -2.60. The number of carbonyl (C=O) groups is 3. The number of aryl methyl sites for hydroxylation is 1. The summed E-state index contributed by atoms with van der Waals surface area (Å²) in [6, 6.07) is 5.13. The summed E-state index contributed by atoms with van der Waals surface area (Å²) in [7, 11) is 1.33. The number of hydrogen-bond donors (Lipinski definition) is 0. The van der Waals surface area contributed by atoms with Crippen LogP contribution >= 0.6 is 0 Å². The van der Waals surface area contributed by atoms with E-state index in [-0.39, 0.29) is 29.1 Å². The number of ether oxygens (including phenoxy) is 3. The molecule has 0 amide bonds. The van der Waals surface area contributed by atoms with Gasteiger partial charge in [-0.3, -0.25) is 14.6 Å². The average Bonchev–Trinajstić information content (AvgIpc) is 3.40. The van der Waals surface area contributed by atoms with Gasteiger partial charge in [0.15, 0.2) is 5.76 Å². The molecule has 2 aromatic heterocycles. The van der Waals surface area contributed by atoms with E-state index in [0.717, 1.165) is 11.3 Å². The Balaban J connectivity index is 1.56. The highest BCUT2D eigenvalue weighted by Crippen LogP contribution is 2.66. The maximum atomic E-state index is 14.2. The average molecular weight is 506 g/mol. The summed E-state index contributed by atoms with van der Waals surface area (Å²) < 4.78 is 22.3. The van der Waals surface area contributed by atoms with Crippen molar-refractivity contribution in [2.45, 2.75) is 46.1 Å². The highest BCUT2D eigenvalue weighted by molar-refractivity contribution is 6.03. The number of fused-ring (bicyclic) bond motifs is 3. The molecule has 8 heteroatoms. The van der Waals surface area contributed by atoms with Crippen molar-refractivity contribution in [3.05, 3.63) is 77.9 Å². The summed E-state index contributed by atoms with van der Waals surface area (Å²) in [5, 5.41) is 0. The normalized spacial score (nSPS) is 32.9. The van der Waals surface area contributed by atoms with Crippen LogP contribution in [0, 0.1) is 35.5 Å². The Morgan fingerprint density at radius 1 is 1.19 bits per heavy atom. The summed E-state index contributed by atoms with van der Waals surface area (Å²) in [6.45, 7) is 10.0. The molecule has 0 bridgehead atoms. The molecule has 194 valence electrons. The minimum Gasteiger partial charge on any atom is -0.490 e. The van der Waals surface area contributed by atoms with Gasteiger partial charge in [0.1, 0.15) is 6.10 Å². The van der Waals surface area contributed by atoms with Crippen LogP contribution in [0.2, 0.25) is 0 Å². The molecule has 8 nitrogen and oxygen atoms in total. The number of Topliss-reactive ketones (excluding diaryl/α,β-unsaturated/α-hetero) is 1. The SMILES string of the molecule is C=C1O[C@H](c2ccoc2)C[C@]2(C)[C@H]3C(=O)C(OC(=O)c4ccc(C)nc4)=C[C@@H](C(=O)OC)[C@]3(C)CC[C@@H]12. The van der Waals surface area contributed by atoms with Gasteiger partial charge in [-0.1, -0.05) is 20.4 Å². The zero-order chi connectivity index (χ0) is 26.5. The summed E-state index contributed by atoms with van der Waals surface area (Å²) in [6.07, 6.45) is 7.54. The van der Waals surface area contributed by atoms with Crippen molar-refractivity contribution >= 4 is 17.7 Å². The molecule has 1 aliphatic heterocycles. The van der Waals surface area contributed by atoms with Crippen LogP contribution < -0.4 is 0 Å². The fraction of sp³-hybridized carbons (Fsp3) is 0.448. The zero-order valence-electron chi connectivity index (χ0n) is 21.5. The third-order valence-corrected chi connectivity index (χ3v) is 8.65. The second-order valence-corrected chi connectivity index (χ2v) is 10.8. The molecule has 0 radical (unpaired) electrons. The van der Waals surface area contributed by atoms with Crippen molar-refractivity contribution in [2.75, 3.05) is 7.11 Å². The molecule has 37 heavy (non-hydrogen) atoms. The molecule has 1 saturated carbocycles. The molecule has 0 aromatic carbocycles. The van der Waals surface area contributed by atoms with Gasteiger partial charge in [-0.25, -0.2) is 4.79 Å². The standard InChI is InChI=1S/C29H31NO7/c1-16-6-7-18(14-30-16)26(32)37-22-12-21(27(33)34-5)28(3)10-8-20-17(2)36-23(19-9-11-35-15-19)13-29(20,4)25(28)24(22)31/h6-7,9,11-12,14-15,20-21,23,25H,2,8,10,13H2,1,3-5H3/t20-,21-,23-,25-,28-,29-/m0/s1. The number of esters is 2. The van der Waals surface area contributed by atoms with E-state index < -0.39 is 34.6 Å². The highest BCUT2D eigenvalue weighted by Gasteiger charge is 2.65. The number of pyridine rings is 1. The van der Waals surface area contributed by atoms with E-state index in [2.05, 4.69) is 18.5 Å². The number of hydrogen-bond acceptors (Lipinski definition) is 8. The van der Waals surface area contributed by atoms with Crippen molar-refractivity contribution in [3.63, 3.8) is 0 Å². The first kappa shape index (κ1) is 25.0. The molecule has 1 saturated heterocycles. The van der Waals surface area contributed by atoms with Crippen molar-refractivity contribution in [1.29, 1.82) is 0 Å². The number of furan rings is 1. The van der Waals surface area contributed by atoms with Gasteiger partial charge >= 0.3 is 11.9 Å². The first-order chi connectivity index (χ1) is 17.6. The maximum Gasteiger partial charge on any atom is 0.345 e. The van der Waals surface area contributed by atoms with Crippen LogP contribution in [0.3, 0.4) is 0 Å². The minimum absolute atomic E-state index is 0.104. The summed E-state index contributed by atoms with van der Waals surface area (Å²) >= 11 is 0. The molecular formula is C29H31NO7. The first-order valence-corrected chi connectivity index (χ1v) is 12.4. The molecule has 0 unspecified atom stereocenters. The van der Waals surface area contributed by atoms with Crippen LogP contribution in [-0.2, 0) is 23.8 Å². The van der Waals surface area contributed by atoms with Crippen molar-refractivity contribution in [3.8, 4) is 0 Å². The van der Waals surface area contributed by atoms with Crippen molar-refractivity contribution in [2.24, 2.45) is 28.6 Å². The fourth-order valence-electron chi connectivity index (χ4n) is 6.82. The fourth-order valence-corrected chi connectivity index (χ4v) is 6.82. The lowest BCUT2D eigenvalue weighted by atomic mass is 9.44. The Kier molecular flexibility index (Phi) is 6.09. The van der Waals surface area contributed by atoms with Gasteiger partial charge in [-0.15, -0.1) is 0 Å². The predicted octanol–water partition coefficient (Wildman–Crippen LogP) is 5.11. The van der Waals surface area contributed by atoms with E-state index in [9.17, 15) is 14.4 Å². The molecule has 3 heterocycles. The molecule has 0 N–H and O–H groups in total. The number of ketones is 1. The van der Waals surface area contributed by atoms with E-state index in [1.165, 1.54) is 19.4 Å². The molecule has 3 aliphatic rings. The number of aromatic nitrogens is 1. The third kappa shape index (κ3) is 3.99. The van der Waals surface area contributed by atoms with Gasteiger partial charge in [-0.2, -0.15) is 0 Å². The van der Waals surface area contributed by atoms with Crippen LogP contribution in [0.4, 0.5) is 0 Å². The molecular weight excluding hydrogens is 474 g/mol. The first-order valence-electron chi connectivity index (χ1n) is 12.4. The minimum atomic E-state index is -0.764. The lowest BCUT2D eigenvalue weighted by molar-refractivity contribution is -0.174. The van der Waals surface area contributed by atoms with E-state index in [4.69, 9.17) is 18.6 Å². The Labute approximate surface area is 215 Å². The summed E-state index contributed by atoms with van der Waals surface area (Å²) in [4.78, 5) is 44.4. The monoisotopic (exact) mass is 505 g/mol. The lowest BCUT2D eigenvalue weighted by Gasteiger charge is -2.60. The molecule has 2 fully saturated rings. The van der Waals surface area contributed by atoms with E-state index >= 15 is 0 Å². The molecule has 5 rings (SSSR count). The summed E-state index contributed by atoms with van der Waals surface area (Å²) in [5.74, 6) is -2.50. The van der Waals surface area contributed by atoms with Crippen LogP contribution in [-0.4, -0.2) is 29.8 Å². The maximum absolute atomic E-state index is 14.2. The van der Waals surface area contributed by atoms with Gasteiger partial charge in [0, 0.05) is 29.3 Å². The summed E-state index contributed by atoms with van der Waals surface area (Å²) in [5.41, 5.74) is 0.462. The van der Waals surface area contributed by atoms with Gasteiger partial charge in [0.25, 0.3) is 0 Å². The predicted molar refractivity (Wildman–Crippen MR) is 132 cm³/mol. The molecule has 6 atom stereocenters. The largest absolute Gasteiger partial charge is 0.490 e. The molecule has 2 aliphatic carbocycles. The Hall–Kier alpha value is -3.68. The highest BCUT2D eigenvalue weighted by atomic mass is 16.5. The van der Waals surface area contributed by atoms with Crippen LogP contribution in [0.1, 0.15) is 60.8 Å². The zero-order valence-corrected chi connectivity index (χ0v) is 21.5. The van der Waals surface area contributed by atoms with Crippen LogP contribution in [0.5, 0.6) is 0 Å². The van der Waals surface area contributed by atoms with Gasteiger partial charge in [-0.05, 0) is 61.3 Å². The topological polar surface area (TPSA) is 105 Å². The van der Waals surface area contributed by atoms with Crippen molar-refractivity contribution < 1.29 is 33.0 Å². The molecule has 0 spiro atoms. The third-order valence-electron chi connectivity index (χ3n) is 8.65.